The second-order valence-corrected chi connectivity index (χ2v) is 7.93. The molecule has 25 heavy (non-hydrogen) atoms. The molecule has 4 nitrogen and oxygen atoms in total. The zero-order chi connectivity index (χ0) is 16.8. The Morgan fingerprint density at radius 3 is 2.52 bits per heavy atom. The molecule has 1 heterocycles. The van der Waals surface area contributed by atoms with Crippen molar-refractivity contribution in [3.8, 4) is 0 Å². The Kier molecular flexibility index (Phi) is 11.8. The molecular formula is C18H31Cl2N3OS. The van der Waals surface area contributed by atoms with Crippen molar-refractivity contribution < 1.29 is 4.79 Å². The molecule has 0 spiro atoms. The summed E-state index contributed by atoms with van der Waals surface area (Å²) in [4.78, 5) is 14.7. The molecule has 0 radical (unpaired) electrons. The Bertz CT molecular complexity index is 537. The lowest BCUT2D eigenvalue weighted by atomic mass is 10.0. The molecule has 1 aromatic carbocycles. The molecule has 0 aliphatic carbocycles. The lowest BCUT2D eigenvalue weighted by molar-refractivity contribution is -0.117. The Labute approximate surface area is 168 Å². The van der Waals surface area contributed by atoms with Crippen molar-refractivity contribution in [1.29, 1.82) is 0 Å². The number of hydrogen-bond donors (Lipinski definition) is 2. The first-order valence-electron chi connectivity index (χ1n) is 8.42. The maximum Gasteiger partial charge on any atom is 0.241 e. The van der Waals surface area contributed by atoms with Crippen molar-refractivity contribution >= 4 is 48.2 Å². The van der Waals surface area contributed by atoms with Crippen LogP contribution >= 0.6 is 36.6 Å². The fourth-order valence-electron chi connectivity index (χ4n) is 2.83. The largest absolute Gasteiger partial charge is 0.324 e. The highest BCUT2D eigenvalue weighted by Gasteiger charge is 2.17. The minimum atomic E-state index is -0.447. The molecule has 0 unspecified atom stereocenters. The third kappa shape index (κ3) is 7.75. The molecule has 1 fully saturated rings. The topological polar surface area (TPSA) is 58.4 Å². The zero-order valence-electron chi connectivity index (χ0n) is 15.3. The van der Waals surface area contributed by atoms with Gasteiger partial charge in [0.2, 0.25) is 5.91 Å². The smallest absolute Gasteiger partial charge is 0.241 e. The summed E-state index contributed by atoms with van der Waals surface area (Å²) in [5, 5.41) is 3.01. The molecule has 2 rings (SSSR count). The number of benzene rings is 1. The normalized spacial score (nSPS) is 15.9. The number of anilines is 1. The van der Waals surface area contributed by atoms with Gasteiger partial charge in [0.05, 0.1) is 6.04 Å². The van der Waals surface area contributed by atoms with Gasteiger partial charge in [-0.15, -0.1) is 24.8 Å². The number of thioether (sulfide) groups is 1. The van der Waals surface area contributed by atoms with Gasteiger partial charge in [-0.1, -0.05) is 26.0 Å². The van der Waals surface area contributed by atoms with Gasteiger partial charge < -0.3 is 11.1 Å². The molecule has 1 amide bonds. The van der Waals surface area contributed by atoms with Crippen molar-refractivity contribution in [2.75, 3.05) is 29.9 Å². The van der Waals surface area contributed by atoms with E-state index in [2.05, 4.69) is 37.1 Å². The number of hydrogen-bond acceptors (Lipinski definition) is 4. The van der Waals surface area contributed by atoms with Crippen molar-refractivity contribution in [3.63, 3.8) is 0 Å². The van der Waals surface area contributed by atoms with Crippen LogP contribution in [0.3, 0.4) is 0 Å². The second kappa shape index (κ2) is 12.0. The summed E-state index contributed by atoms with van der Waals surface area (Å²) in [6.45, 7) is 9.47. The zero-order valence-corrected chi connectivity index (χ0v) is 17.7. The van der Waals surface area contributed by atoms with Crippen LogP contribution in [-0.4, -0.2) is 41.4 Å². The number of nitrogens with one attached hydrogen (secondary N) is 1. The summed E-state index contributed by atoms with van der Waals surface area (Å²) < 4.78 is 0. The highest BCUT2D eigenvalue weighted by Crippen LogP contribution is 2.22. The quantitative estimate of drug-likeness (QED) is 0.754. The highest BCUT2D eigenvalue weighted by atomic mass is 35.5. The molecular weight excluding hydrogens is 377 g/mol. The number of carbonyl (C=O) groups excluding carboxylic acids is 1. The van der Waals surface area contributed by atoms with Crippen molar-refractivity contribution in [2.45, 2.75) is 39.8 Å². The minimum absolute atomic E-state index is 0. The van der Waals surface area contributed by atoms with E-state index < -0.39 is 6.04 Å². The fourth-order valence-corrected chi connectivity index (χ4v) is 3.81. The summed E-state index contributed by atoms with van der Waals surface area (Å²) in [6, 6.07) is 5.69. The van der Waals surface area contributed by atoms with Gasteiger partial charge >= 0.3 is 0 Å². The van der Waals surface area contributed by atoms with Crippen LogP contribution in [0, 0.1) is 12.8 Å². The van der Waals surface area contributed by atoms with E-state index in [0.717, 1.165) is 30.9 Å². The standard InChI is InChI=1S/C18H29N3OS.2ClH/c1-13(2)11-16(19)18(22)20-17-6-4-5-15(14(17)3)12-21-7-9-23-10-8-21;;/h4-6,13,16H,7-12,19H2,1-3H3,(H,20,22);2*1H/t16-;;/m0../s1. The molecule has 0 bridgehead atoms. The lowest BCUT2D eigenvalue weighted by Gasteiger charge is -2.27. The van der Waals surface area contributed by atoms with Gasteiger partial charge in [-0.25, -0.2) is 0 Å². The maximum atomic E-state index is 12.3. The van der Waals surface area contributed by atoms with E-state index >= 15 is 0 Å². The molecule has 0 saturated carbocycles. The van der Waals surface area contributed by atoms with Gasteiger partial charge in [0, 0.05) is 36.8 Å². The van der Waals surface area contributed by atoms with E-state index in [9.17, 15) is 4.79 Å². The summed E-state index contributed by atoms with van der Waals surface area (Å²) in [7, 11) is 0. The monoisotopic (exact) mass is 407 g/mol. The molecule has 1 saturated heterocycles. The van der Waals surface area contributed by atoms with Crippen LogP contribution in [0.4, 0.5) is 5.69 Å². The van der Waals surface area contributed by atoms with Crippen LogP contribution in [0.15, 0.2) is 18.2 Å². The lowest BCUT2D eigenvalue weighted by Crippen LogP contribution is -2.37. The van der Waals surface area contributed by atoms with Gasteiger partial charge in [0.15, 0.2) is 0 Å². The van der Waals surface area contributed by atoms with Crippen molar-refractivity contribution in [2.24, 2.45) is 11.7 Å². The molecule has 3 N–H and O–H groups in total. The van der Waals surface area contributed by atoms with Crippen molar-refractivity contribution in [3.05, 3.63) is 29.3 Å². The first kappa shape index (κ1) is 24.5. The van der Waals surface area contributed by atoms with Crippen LogP contribution < -0.4 is 11.1 Å². The van der Waals surface area contributed by atoms with E-state index in [1.54, 1.807) is 0 Å². The van der Waals surface area contributed by atoms with Gasteiger partial charge in [0.1, 0.15) is 0 Å². The summed E-state index contributed by atoms with van der Waals surface area (Å²) in [5.74, 6) is 2.74. The molecule has 1 aliphatic heterocycles. The Hall–Kier alpha value is -0.460. The van der Waals surface area contributed by atoms with E-state index in [0.29, 0.717) is 12.3 Å². The van der Waals surface area contributed by atoms with Crippen LogP contribution in [-0.2, 0) is 11.3 Å². The summed E-state index contributed by atoms with van der Waals surface area (Å²) in [5.41, 5.74) is 9.30. The van der Waals surface area contributed by atoms with E-state index in [-0.39, 0.29) is 30.7 Å². The molecule has 144 valence electrons. The summed E-state index contributed by atoms with van der Waals surface area (Å²) >= 11 is 2.02. The fraction of sp³-hybridized carbons (Fsp3) is 0.611. The number of halogens is 2. The first-order chi connectivity index (χ1) is 11.0. The predicted octanol–water partition coefficient (Wildman–Crippen LogP) is 3.70. The van der Waals surface area contributed by atoms with Gasteiger partial charge in [-0.3, -0.25) is 9.69 Å². The number of carbonyl (C=O) groups is 1. The predicted molar refractivity (Wildman–Crippen MR) is 114 cm³/mol. The Morgan fingerprint density at radius 1 is 1.28 bits per heavy atom. The average molecular weight is 408 g/mol. The minimum Gasteiger partial charge on any atom is -0.324 e. The molecule has 7 heteroatoms. The van der Waals surface area contributed by atoms with Crippen LogP contribution in [0.1, 0.15) is 31.4 Å². The van der Waals surface area contributed by atoms with E-state index in [1.807, 2.05) is 23.9 Å². The number of nitrogens with two attached hydrogens (primary N) is 1. The maximum absolute atomic E-state index is 12.3. The molecule has 1 atom stereocenters. The third-order valence-electron chi connectivity index (χ3n) is 4.26. The van der Waals surface area contributed by atoms with Gasteiger partial charge in [0.25, 0.3) is 0 Å². The molecule has 1 aromatic rings. The summed E-state index contributed by atoms with van der Waals surface area (Å²) in [6.07, 6.45) is 0.704. The SMILES string of the molecule is Cc1c(CN2CCSCC2)cccc1NC(=O)[C@@H](N)CC(C)C.Cl.Cl. The molecule has 0 aromatic heterocycles. The van der Waals surface area contributed by atoms with Gasteiger partial charge in [-0.2, -0.15) is 11.8 Å². The van der Waals surface area contributed by atoms with Crippen LogP contribution in [0.25, 0.3) is 0 Å². The van der Waals surface area contributed by atoms with Crippen LogP contribution in [0.5, 0.6) is 0 Å². The van der Waals surface area contributed by atoms with Crippen LogP contribution in [0.2, 0.25) is 0 Å². The Morgan fingerprint density at radius 2 is 1.92 bits per heavy atom. The van der Waals surface area contributed by atoms with E-state index in [1.165, 1.54) is 17.1 Å². The van der Waals surface area contributed by atoms with E-state index in [4.69, 9.17) is 5.73 Å². The second-order valence-electron chi connectivity index (χ2n) is 6.70. The first-order valence-corrected chi connectivity index (χ1v) is 9.58. The third-order valence-corrected chi connectivity index (χ3v) is 5.21. The van der Waals surface area contributed by atoms with Gasteiger partial charge in [-0.05, 0) is 36.5 Å². The van der Waals surface area contributed by atoms with Crippen molar-refractivity contribution in [1.82, 2.24) is 4.90 Å². The number of rotatable bonds is 6. The number of amides is 1. The molecule has 1 aliphatic rings. The average Bonchev–Trinajstić information content (AvgIpc) is 2.51. The Balaban J connectivity index is 0.00000288. The number of nitrogens with zero attached hydrogens (tertiary/aromatic N) is 1. The highest BCUT2D eigenvalue weighted by molar-refractivity contribution is 7.99.